The molecule has 8 aromatic carbocycles. The maximum absolute atomic E-state index is 4.79. The number of benzene rings is 8. The second-order valence-electron chi connectivity index (χ2n) is 14.0. The second-order valence-corrected chi connectivity index (χ2v) is 14.0. The summed E-state index contributed by atoms with van der Waals surface area (Å²) in [5.41, 5.74) is 17.4. The Hall–Kier alpha value is -6.64. The highest BCUT2D eigenvalue weighted by Crippen LogP contribution is 2.55. The van der Waals surface area contributed by atoms with E-state index in [4.69, 9.17) is 9.97 Å². The molecule has 10 aromatic rings. The molecule has 0 fully saturated rings. The minimum atomic E-state index is 1.09. The van der Waals surface area contributed by atoms with E-state index in [0.717, 1.165) is 11.4 Å². The van der Waals surface area contributed by atoms with Crippen LogP contribution in [0.3, 0.4) is 0 Å². The number of hydrogen-bond donors (Lipinski definition) is 0. The van der Waals surface area contributed by atoms with Gasteiger partial charge in [0.25, 0.3) is 0 Å². The number of aromatic nitrogens is 2. The molecule has 50 heavy (non-hydrogen) atoms. The summed E-state index contributed by atoms with van der Waals surface area (Å²) < 4.78 is 0. The summed E-state index contributed by atoms with van der Waals surface area (Å²) in [6.07, 6.45) is 3.81. The highest BCUT2D eigenvalue weighted by atomic mass is 14.7. The van der Waals surface area contributed by atoms with Crippen LogP contribution in [-0.2, 0) is 0 Å². The van der Waals surface area contributed by atoms with Crippen molar-refractivity contribution in [2.45, 2.75) is 0 Å². The van der Waals surface area contributed by atoms with Crippen LogP contribution in [0.25, 0.3) is 132 Å². The number of hydrogen-bond acceptors (Lipinski definition) is 2. The Kier molecular flexibility index (Phi) is 4.41. The molecule has 0 radical (unpaired) electrons. The predicted octanol–water partition coefficient (Wildman–Crippen LogP) is 12.9. The Morgan fingerprint density at radius 2 is 0.620 bits per heavy atom. The highest BCUT2D eigenvalue weighted by molar-refractivity contribution is 6.36. The first kappa shape index (κ1) is 25.4. The molecule has 2 aromatic heterocycles. The summed E-state index contributed by atoms with van der Waals surface area (Å²) in [4.78, 5) is 9.58. The van der Waals surface area contributed by atoms with Crippen LogP contribution in [0.2, 0.25) is 0 Å². The van der Waals surface area contributed by atoms with Crippen molar-refractivity contribution in [2.24, 2.45) is 0 Å². The minimum absolute atomic E-state index is 1.09. The zero-order valence-electron chi connectivity index (χ0n) is 26.8. The third-order valence-electron chi connectivity index (χ3n) is 11.8. The number of nitrogens with zero attached hydrogens (tertiary/aromatic N) is 2. The lowest BCUT2D eigenvalue weighted by atomic mass is 9.89. The third kappa shape index (κ3) is 2.86. The van der Waals surface area contributed by atoms with Crippen molar-refractivity contribution in [3.63, 3.8) is 0 Å². The molecule has 13 rings (SSSR count). The topological polar surface area (TPSA) is 25.8 Å². The van der Waals surface area contributed by atoms with Crippen LogP contribution in [0.15, 0.2) is 146 Å². The molecule has 0 saturated heterocycles. The lowest BCUT2D eigenvalue weighted by Crippen LogP contribution is -1.87. The number of fused-ring (bicyclic) bond motifs is 7. The molecule has 3 aliphatic rings. The monoisotopic (exact) mass is 628 g/mol. The van der Waals surface area contributed by atoms with Crippen molar-refractivity contribution in [1.82, 2.24) is 9.97 Å². The predicted molar refractivity (Wildman–Crippen MR) is 208 cm³/mol. The van der Waals surface area contributed by atoms with Crippen LogP contribution in [0.1, 0.15) is 0 Å². The lowest BCUT2D eigenvalue weighted by molar-refractivity contribution is 1.35. The largest absolute Gasteiger partial charge is 0.256 e. The Labute approximate surface area is 286 Å². The molecule has 3 aliphatic carbocycles. The quantitative estimate of drug-likeness (QED) is 0.178. The summed E-state index contributed by atoms with van der Waals surface area (Å²) >= 11 is 0. The molecule has 226 valence electrons. The van der Waals surface area contributed by atoms with E-state index in [0.29, 0.717) is 0 Å². The van der Waals surface area contributed by atoms with Gasteiger partial charge in [-0.3, -0.25) is 9.97 Å². The highest BCUT2D eigenvalue weighted by Gasteiger charge is 2.28. The van der Waals surface area contributed by atoms with Gasteiger partial charge >= 0.3 is 0 Å². The van der Waals surface area contributed by atoms with Gasteiger partial charge in [-0.1, -0.05) is 121 Å². The number of rotatable bonds is 2. The van der Waals surface area contributed by atoms with Crippen molar-refractivity contribution in [3.8, 4) is 78.1 Å². The van der Waals surface area contributed by atoms with Crippen LogP contribution in [0.5, 0.6) is 0 Å². The van der Waals surface area contributed by atoms with Gasteiger partial charge in [0, 0.05) is 34.6 Å². The van der Waals surface area contributed by atoms with Crippen LogP contribution in [0, 0.1) is 0 Å². The molecular weight excluding hydrogens is 605 g/mol. The van der Waals surface area contributed by atoms with Crippen LogP contribution < -0.4 is 0 Å². The van der Waals surface area contributed by atoms with E-state index in [1.807, 2.05) is 24.5 Å². The zero-order chi connectivity index (χ0) is 32.2. The summed E-state index contributed by atoms with van der Waals surface area (Å²) in [6, 6.07) is 50.0. The van der Waals surface area contributed by atoms with Gasteiger partial charge in [-0.2, -0.15) is 0 Å². The van der Waals surface area contributed by atoms with Crippen molar-refractivity contribution >= 4 is 53.9 Å². The van der Waals surface area contributed by atoms with Crippen molar-refractivity contribution < 1.29 is 0 Å². The fraction of sp³-hybridized carbons (Fsp3) is 0. The Balaban J connectivity index is 1.07. The maximum atomic E-state index is 4.79. The maximum Gasteiger partial charge on any atom is 0.0786 e. The van der Waals surface area contributed by atoms with E-state index in [9.17, 15) is 0 Å². The van der Waals surface area contributed by atoms with E-state index in [1.165, 1.54) is 121 Å². The first-order chi connectivity index (χ1) is 24.8. The minimum Gasteiger partial charge on any atom is -0.256 e. The standard InChI is InChI=1S/C48H24N2/c1-5-30-26(17-21-36-38-9-3-23-49-47(38)40(7-1)43(30)36)28-15-19-34-35-20-16-29(33-14-12-25-11-13-32(28)45(34)42(25)46(33)35)27-18-22-37-39-10-4-24-50-48(39)41-8-2-6-31(27)44(37)41/h1-24H. The summed E-state index contributed by atoms with van der Waals surface area (Å²) in [6.45, 7) is 0. The molecule has 0 saturated carbocycles. The fourth-order valence-corrected chi connectivity index (χ4v) is 9.83. The summed E-state index contributed by atoms with van der Waals surface area (Å²) in [5.74, 6) is 0. The molecule has 0 bridgehead atoms. The Bertz CT molecular complexity index is 2980. The van der Waals surface area contributed by atoms with Gasteiger partial charge in [-0.15, -0.1) is 0 Å². The van der Waals surface area contributed by atoms with Gasteiger partial charge in [0.05, 0.1) is 11.4 Å². The number of pyridine rings is 2. The van der Waals surface area contributed by atoms with Gasteiger partial charge in [0.15, 0.2) is 0 Å². The SMILES string of the molecule is c1cnc2c(c1)-c1ccc(-c3ccc4c5c3ccc3ccc6c(-c7ccc8c9c(cccc79)-c7ncccc7-8)ccc-4c6c35)c3cccc-2c13. The fourth-order valence-electron chi connectivity index (χ4n) is 9.83. The van der Waals surface area contributed by atoms with E-state index >= 15 is 0 Å². The van der Waals surface area contributed by atoms with Crippen LogP contribution in [-0.4, -0.2) is 9.97 Å². The molecule has 2 nitrogen and oxygen atoms in total. The van der Waals surface area contributed by atoms with E-state index in [1.54, 1.807) is 0 Å². The molecule has 0 unspecified atom stereocenters. The smallest absolute Gasteiger partial charge is 0.0786 e. The molecule has 2 heteroatoms. The van der Waals surface area contributed by atoms with Gasteiger partial charge in [0.2, 0.25) is 0 Å². The van der Waals surface area contributed by atoms with Gasteiger partial charge < -0.3 is 0 Å². The van der Waals surface area contributed by atoms with Crippen LogP contribution in [0.4, 0.5) is 0 Å². The van der Waals surface area contributed by atoms with Gasteiger partial charge in [-0.05, 0) is 111 Å². The summed E-state index contributed by atoms with van der Waals surface area (Å²) in [5, 5.41) is 13.2. The Morgan fingerprint density at radius 3 is 1.08 bits per heavy atom. The zero-order valence-corrected chi connectivity index (χ0v) is 26.8. The molecule has 0 N–H and O–H groups in total. The lowest BCUT2D eigenvalue weighted by Gasteiger charge is -2.14. The average Bonchev–Trinajstić information content (AvgIpc) is 3.82. The first-order valence-corrected chi connectivity index (χ1v) is 17.3. The molecule has 0 spiro atoms. The van der Waals surface area contributed by atoms with E-state index in [2.05, 4.69) is 121 Å². The van der Waals surface area contributed by atoms with Crippen molar-refractivity contribution in [2.75, 3.05) is 0 Å². The summed E-state index contributed by atoms with van der Waals surface area (Å²) in [7, 11) is 0. The van der Waals surface area contributed by atoms with Crippen LogP contribution >= 0.6 is 0 Å². The molecule has 2 heterocycles. The van der Waals surface area contributed by atoms with Gasteiger partial charge in [-0.25, -0.2) is 0 Å². The average molecular weight is 629 g/mol. The van der Waals surface area contributed by atoms with Crippen molar-refractivity contribution in [1.29, 1.82) is 0 Å². The normalized spacial score (nSPS) is 12.8. The van der Waals surface area contributed by atoms with E-state index < -0.39 is 0 Å². The first-order valence-electron chi connectivity index (χ1n) is 17.3. The molecular formula is C48H24N2. The second kappa shape index (κ2) is 8.68. The van der Waals surface area contributed by atoms with Crippen molar-refractivity contribution in [3.05, 3.63) is 146 Å². The molecule has 0 atom stereocenters. The Morgan fingerprint density at radius 1 is 0.240 bits per heavy atom. The van der Waals surface area contributed by atoms with Gasteiger partial charge in [0.1, 0.15) is 0 Å². The van der Waals surface area contributed by atoms with E-state index in [-0.39, 0.29) is 0 Å². The molecule has 0 amide bonds. The third-order valence-corrected chi connectivity index (χ3v) is 11.8. The molecule has 0 aliphatic heterocycles.